The number of fused-ring (bicyclic) bond motifs is 1. The van der Waals surface area contributed by atoms with E-state index in [2.05, 4.69) is 10.7 Å². The highest BCUT2D eigenvalue weighted by atomic mass is 19.1. The summed E-state index contributed by atoms with van der Waals surface area (Å²) in [7, 11) is 0. The van der Waals surface area contributed by atoms with Crippen molar-refractivity contribution in [1.82, 2.24) is 9.24 Å². The largest absolute Gasteiger partial charge is 0.463 e. The van der Waals surface area contributed by atoms with Crippen molar-refractivity contribution in [2.75, 3.05) is 30.4 Å². The topological polar surface area (TPSA) is 94.4 Å². The van der Waals surface area contributed by atoms with Crippen molar-refractivity contribution in [2.24, 2.45) is 5.92 Å². The van der Waals surface area contributed by atoms with Crippen molar-refractivity contribution in [3.8, 4) is 0 Å². The first-order valence-electron chi connectivity index (χ1n) is 11.3. The fourth-order valence-corrected chi connectivity index (χ4v) is 4.21. The molecule has 0 saturated heterocycles. The standard InChI is InChI=1S/C23H29FN4O4/c1-2-32-21(29)8-5-11-26-28-22(30)17-12-18(24)19(25-14-15-9-10-15)13-20(17)27(23(28)31)16-6-3-4-7-16/h5,8,12-13,15-16,25-26H,2-4,6-7,9-11,14H2,1H3. The molecule has 0 unspecified atom stereocenters. The minimum Gasteiger partial charge on any atom is -0.463 e. The maximum absolute atomic E-state index is 14.8. The zero-order valence-corrected chi connectivity index (χ0v) is 18.2. The molecule has 2 aliphatic carbocycles. The summed E-state index contributed by atoms with van der Waals surface area (Å²) in [6.45, 7) is 2.71. The molecule has 0 bridgehead atoms. The van der Waals surface area contributed by atoms with Gasteiger partial charge in [-0.25, -0.2) is 14.0 Å². The molecule has 2 aromatic rings. The molecule has 4 rings (SSSR count). The monoisotopic (exact) mass is 444 g/mol. The van der Waals surface area contributed by atoms with E-state index < -0.39 is 23.0 Å². The van der Waals surface area contributed by atoms with E-state index in [9.17, 15) is 18.8 Å². The first kappa shape index (κ1) is 22.1. The number of nitrogens with zero attached hydrogens (tertiary/aromatic N) is 2. The lowest BCUT2D eigenvalue weighted by atomic mass is 10.1. The van der Waals surface area contributed by atoms with Gasteiger partial charge < -0.3 is 15.5 Å². The summed E-state index contributed by atoms with van der Waals surface area (Å²) in [5.41, 5.74) is 2.42. The number of anilines is 1. The van der Waals surface area contributed by atoms with E-state index in [-0.39, 0.29) is 24.6 Å². The van der Waals surface area contributed by atoms with E-state index in [4.69, 9.17) is 4.74 Å². The Kier molecular flexibility index (Phi) is 6.62. The van der Waals surface area contributed by atoms with Gasteiger partial charge in [-0.1, -0.05) is 18.9 Å². The Labute approximate surface area is 185 Å². The Morgan fingerprint density at radius 1 is 1.22 bits per heavy atom. The molecule has 32 heavy (non-hydrogen) atoms. The SMILES string of the molecule is CCOC(=O)C=CCNn1c(=O)c2cc(F)c(NCC3CC3)cc2n(C2CCCC2)c1=O. The zero-order valence-electron chi connectivity index (χ0n) is 18.2. The first-order valence-corrected chi connectivity index (χ1v) is 11.3. The van der Waals surface area contributed by atoms with Crippen molar-refractivity contribution in [3.63, 3.8) is 0 Å². The Bertz CT molecular complexity index is 1140. The van der Waals surface area contributed by atoms with Crippen molar-refractivity contribution in [3.05, 3.63) is 50.9 Å². The molecule has 1 aromatic heterocycles. The lowest BCUT2D eigenvalue weighted by molar-refractivity contribution is -0.137. The molecule has 0 radical (unpaired) electrons. The lowest BCUT2D eigenvalue weighted by Crippen LogP contribution is -2.46. The van der Waals surface area contributed by atoms with Crippen LogP contribution in [0.1, 0.15) is 51.5 Å². The second-order valence-electron chi connectivity index (χ2n) is 8.42. The molecular weight excluding hydrogens is 415 g/mol. The van der Waals surface area contributed by atoms with Crippen LogP contribution in [0.3, 0.4) is 0 Å². The number of hydrogen-bond donors (Lipinski definition) is 2. The summed E-state index contributed by atoms with van der Waals surface area (Å²) in [6.07, 6.45) is 8.64. The van der Waals surface area contributed by atoms with Gasteiger partial charge in [0.25, 0.3) is 5.56 Å². The molecule has 8 nitrogen and oxygen atoms in total. The molecule has 0 amide bonds. The molecule has 1 aromatic carbocycles. The number of halogens is 1. The van der Waals surface area contributed by atoms with Crippen LogP contribution in [0.15, 0.2) is 33.9 Å². The first-order chi connectivity index (χ1) is 15.5. The van der Waals surface area contributed by atoms with Gasteiger partial charge in [-0.15, -0.1) is 0 Å². The van der Waals surface area contributed by atoms with E-state index in [0.717, 1.165) is 43.2 Å². The summed E-state index contributed by atoms with van der Waals surface area (Å²) >= 11 is 0. The van der Waals surface area contributed by atoms with Gasteiger partial charge in [-0.3, -0.25) is 9.36 Å². The fourth-order valence-electron chi connectivity index (χ4n) is 4.21. The van der Waals surface area contributed by atoms with Gasteiger partial charge in [-0.05, 0) is 50.7 Å². The Hall–Kier alpha value is -3.10. The van der Waals surface area contributed by atoms with Gasteiger partial charge in [0, 0.05) is 18.7 Å². The molecule has 2 aliphatic rings. The summed E-state index contributed by atoms with van der Waals surface area (Å²) in [6, 6.07) is 2.76. The van der Waals surface area contributed by atoms with Crippen molar-refractivity contribution in [2.45, 2.75) is 51.5 Å². The Morgan fingerprint density at radius 2 is 1.97 bits per heavy atom. The minimum atomic E-state index is -0.614. The summed E-state index contributed by atoms with van der Waals surface area (Å²) in [5.74, 6) is -0.459. The van der Waals surface area contributed by atoms with Gasteiger partial charge in [-0.2, -0.15) is 4.68 Å². The number of rotatable bonds is 9. The van der Waals surface area contributed by atoms with Crippen LogP contribution in [0.25, 0.3) is 10.9 Å². The van der Waals surface area contributed by atoms with Gasteiger partial charge in [0.15, 0.2) is 0 Å². The average molecular weight is 445 g/mol. The number of nitrogens with one attached hydrogen (secondary N) is 2. The summed E-state index contributed by atoms with van der Waals surface area (Å²) in [4.78, 5) is 37.8. The maximum atomic E-state index is 14.8. The predicted octanol–water partition coefficient (Wildman–Crippen LogP) is 2.90. The van der Waals surface area contributed by atoms with E-state index in [1.54, 1.807) is 17.6 Å². The van der Waals surface area contributed by atoms with Gasteiger partial charge in [0.05, 0.1) is 29.7 Å². The van der Waals surface area contributed by atoms with Crippen molar-refractivity contribution >= 4 is 22.6 Å². The average Bonchev–Trinajstić information content (AvgIpc) is 3.45. The van der Waals surface area contributed by atoms with Crippen LogP contribution in [0, 0.1) is 11.7 Å². The lowest BCUT2D eigenvalue weighted by Gasteiger charge is -2.20. The highest BCUT2D eigenvalue weighted by molar-refractivity contribution is 5.83. The van der Waals surface area contributed by atoms with Gasteiger partial charge in [0.2, 0.25) is 0 Å². The number of aromatic nitrogens is 2. The number of carbonyl (C=O) groups is 1. The van der Waals surface area contributed by atoms with E-state index in [1.807, 2.05) is 0 Å². The third kappa shape index (κ3) is 4.71. The molecule has 0 atom stereocenters. The molecule has 0 aliphatic heterocycles. The quantitative estimate of drug-likeness (QED) is 0.456. The third-order valence-electron chi connectivity index (χ3n) is 6.05. The van der Waals surface area contributed by atoms with Gasteiger partial charge in [0.1, 0.15) is 5.82 Å². The molecule has 1 heterocycles. The van der Waals surface area contributed by atoms with Crippen LogP contribution in [0.4, 0.5) is 10.1 Å². The van der Waals surface area contributed by atoms with Gasteiger partial charge >= 0.3 is 11.7 Å². The molecule has 172 valence electrons. The second-order valence-corrected chi connectivity index (χ2v) is 8.42. The van der Waals surface area contributed by atoms with Crippen LogP contribution in [0.5, 0.6) is 0 Å². The van der Waals surface area contributed by atoms with Crippen molar-refractivity contribution in [1.29, 1.82) is 0 Å². The maximum Gasteiger partial charge on any atom is 0.350 e. The number of benzene rings is 1. The highest BCUT2D eigenvalue weighted by Gasteiger charge is 2.25. The van der Waals surface area contributed by atoms with E-state index >= 15 is 0 Å². The molecular formula is C23H29FN4O4. The van der Waals surface area contributed by atoms with E-state index in [1.165, 1.54) is 18.2 Å². The molecule has 2 N–H and O–H groups in total. The van der Waals surface area contributed by atoms with Crippen LogP contribution >= 0.6 is 0 Å². The number of carbonyl (C=O) groups excluding carboxylic acids is 1. The molecule has 9 heteroatoms. The zero-order chi connectivity index (χ0) is 22.7. The van der Waals surface area contributed by atoms with E-state index in [0.29, 0.717) is 23.7 Å². The number of esters is 1. The second kappa shape index (κ2) is 9.58. The number of hydrogen-bond acceptors (Lipinski definition) is 6. The van der Waals surface area contributed by atoms with Crippen LogP contribution < -0.4 is 22.0 Å². The molecule has 2 saturated carbocycles. The normalized spacial score (nSPS) is 16.7. The van der Waals surface area contributed by atoms with Crippen molar-refractivity contribution < 1.29 is 13.9 Å². The highest BCUT2D eigenvalue weighted by Crippen LogP contribution is 2.32. The molecule has 0 spiro atoms. The predicted molar refractivity (Wildman–Crippen MR) is 121 cm³/mol. The summed E-state index contributed by atoms with van der Waals surface area (Å²) in [5, 5.41) is 3.28. The fraction of sp³-hybridized carbons (Fsp3) is 0.522. The number of ether oxygens (including phenoxy) is 1. The summed E-state index contributed by atoms with van der Waals surface area (Å²) < 4.78 is 22.1. The molecule has 2 fully saturated rings. The van der Waals surface area contributed by atoms with Crippen LogP contribution in [-0.2, 0) is 9.53 Å². The third-order valence-corrected chi connectivity index (χ3v) is 6.05. The minimum absolute atomic E-state index is 0.0459. The Morgan fingerprint density at radius 3 is 2.66 bits per heavy atom. The smallest absolute Gasteiger partial charge is 0.350 e. The Balaban J connectivity index is 1.72. The van der Waals surface area contributed by atoms with Crippen LogP contribution in [-0.4, -0.2) is 34.9 Å². The van der Waals surface area contributed by atoms with Crippen LogP contribution in [0.2, 0.25) is 0 Å².